The lowest BCUT2D eigenvalue weighted by atomic mass is 10.0. The molecule has 21 heavy (non-hydrogen) atoms. The molecule has 0 aromatic heterocycles. The molecule has 118 valence electrons. The molecule has 1 heterocycles. The van der Waals surface area contributed by atoms with Crippen LogP contribution >= 0.6 is 0 Å². The topological polar surface area (TPSA) is 18.5 Å². The molecule has 1 N–H and O–H groups in total. The SMILES string of the molecule is CCc1ccc(C(CN(C)CC2CCCN2C)NC)cc1. The average molecular weight is 289 g/mol. The summed E-state index contributed by atoms with van der Waals surface area (Å²) in [7, 11) is 6.56. The molecule has 2 rings (SSSR count). The van der Waals surface area contributed by atoms with Crippen LogP contribution < -0.4 is 5.32 Å². The lowest BCUT2D eigenvalue weighted by molar-refractivity contribution is 0.208. The second kappa shape index (κ2) is 7.92. The fourth-order valence-corrected chi connectivity index (χ4v) is 3.30. The molecular weight excluding hydrogens is 258 g/mol. The largest absolute Gasteiger partial charge is 0.312 e. The van der Waals surface area contributed by atoms with Crippen molar-refractivity contribution in [2.45, 2.75) is 38.3 Å². The van der Waals surface area contributed by atoms with Gasteiger partial charge in [-0.1, -0.05) is 31.2 Å². The molecule has 1 aliphatic heterocycles. The maximum absolute atomic E-state index is 3.47. The third kappa shape index (κ3) is 4.53. The first-order chi connectivity index (χ1) is 10.1. The van der Waals surface area contributed by atoms with E-state index in [0.29, 0.717) is 6.04 Å². The maximum atomic E-state index is 3.47. The van der Waals surface area contributed by atoms with Crippen molar-refractivity contribution in [1.82, 2.24) is 15.1 Å². The van der Waals surface area contributed by atoms with Crippen LogP contribution in [0.25, 0.3) is 0 Å². The van der Waals surface area contributed by atoms with Gasteiger partial charge < -0.3 is 15.1 Å². The molecular formula is C18H31N3. The first-order valence-corrected chi connectivity index (χ1v) is 8.29. The van der Waals surface area contributed by atoms with Crippen molar-refractivity contribution in [3.8, 4) is 0 Å². The zero-order valence-corrected chi connectivity index (χ0v) is 14.1. The van der Waals surface area contributed by atoms with Gasteiger partial charge in [0, 0.05) is 25.2 Å². The van der Waals surface area contributed by atoms with Gasteiger partial charge in [-0.25, -0.2) is 0 Å². The van der Waals surface area contributed by atoms with E-state index in [1.807, 2.05) is 0 Å². The molecule has 1 aliphatic rings. The molecule has 0 saturated carbocycles. The van der Waals surface area contributed by atoms with Crippen LogP contribution in [-0.4, -0.2) is 56.6 Å². The minimum absolute atomic E-state index is 0.410. The molecule has 1 aromatic carbocycles. The van der Waals surface area contributed by atoms with Gasteiger partial charge in [0.2, 0.25) is 0 Å². The standard InChI is InChI=1S/C18H31N3/c1-5-15-8-10-16(11-9-15)18(19-2)14-20(3)13-17-7-6-12-21(17)4/h8-11,17-19H,5-7,12-14H2,1-4H3. The highest BCUT2D eigenvalue weighted by atomic mass is 15.2. The van der Waals surface area contributed by atoms with E-state index >= 15 is 0 Å². The average Bonchev–Trinajstić information content (AvgIpc) is 2.90. The van der Waals surface area contributed by atoms with E-state index in [1.54, 1.807) is 0 Å². The van der Waals surface area contributed by atoms with Crippen LogP contribution in [0.3, 0.4) is 0 Å². The minimum atomic E-state index is 0.410. The summed E-state index contributed by atoms with van der Waals surface area (Å²) < 4.78 is 0. The number of nitrogens with one attached hydrogen (secondary N) is 1. The molecule has 0 bridgehead atoms. The van der Waals surface area contributed by atoms with Gasteiger partial charge in [-0.05, 0) is 58.1 Å². The summed E-state index contributed by atoms with van der Waals surface area (Å²) in [5, 5.41) is 3.47. The Morgan fingerprint density at radius 3 is 2.57 bits per heavy atom. The highest BCUT2D eigenvalue weighted by molar-refractivity contribution is 5.25. The molecule has 0 amide bonds. The summed E-state index contributed by atoms with van der Waals surface area (Å²) in [6.45, 7) is 5.69. The number of likely N-dealkylation sites (N-methyl/N-ethyl adjacent to an activating group) is 3. The lowest BCUT2D eigenvalue weighted by Crippen LogP contribution is -2.40. The van der Waals surface area contributed by atoms with Crippen LogP contribution in [0, 0.1) is 0 Å². The van der Waals surface area contributed by atoms with E-state index in [9.17, 15) is 0 Å². The summed E-state index contributed by atoms with van der Waals surface area (Å²) in [6, 6.07) is 10.2. The fraction of sp³-hybridized carbons (Fsp3) is 0.667. The van der Waals surface area contributed by atoms with Gasteiger partial charge in [0.15, 0.2) is 0 Å². The smallest absolute Gasteiger partial charge is 0.0446 e. The summed E-state index contributed by atoms with van der Waals surface area (Å²) in [4.78, 5) is 4.97. The number of benzene rings is 1. The van der Waals surface area contributed by atoms with Crippen molar-refractivity contribution in [2.24, 2.45) is 0 Å². The number of hydrogen-bond donors (Lipinski definition) is 1. The van der Waals surface area contributed by atoms with Gasteiger partial charge >= 0.3 is 0 Å². The van der Waals surface area contributed by atoms with Crippen molar-refractivity contribution in [2.75, 3.05) is 40.8 Å². The first kappa shape index (κ1) is 16.5. The molecule has 3 nitrogen and oxygen atoms in total. The van der Waals surface area contributed by atoms with E-state index in [4.69, 9.17) is 0 Å². The van der Waals surface area contributed by atoms with Crippen molar-refractivity contribution in [1.29, 1.82) is 0 Å². The maximum Gasteiger partial charge on any atom is 0.0446 e. The molecule has 1 saturated heterocycles. The Balaban J connectivity index is 1.91. The predicted molar refractivity (Wildman–Crippen MR) is 90.8 cm³/mol. The molecule has 0 radical (unpaired) electrons. The first-order valence-electron chi connectivity index (χ1n) is 8.29. The molecule has 2 atom stereocenters. The molecule has 2 unspecified atom stereocenters. The molecule has 1 fully saturated rings. The fourth-order valence-electron chi connectivity index (χ4n) is 3.30. The van der Waals surface area contributed by atoms with E-state index in [1.165, 1.54) is 37.1 Å². The van der Waals surface area contributed by atoms with Gasteiger partial charge in [0.05, 0.1) is 0 Å². The van der Waals surface area contributed by atoms with Gasteiger partial charge in [0.1, 0.15) is 0 Å². The third-order valence-corrected chi connectivity index (χ3v) is 4.83. The third-order valence-electron chi connectivity index (χ3n) is 4.83. The van der Waals surface area contributed by atoms with Crippen molar-refractivity contribution >= 4 is 0 Å². The molecule has 0 spiro atoms. The molecule has 1 aromatic rings. The summed E-state index contributed by atoms with van der Waals surface area (Å²) in [6.07, 6.45) is 3.80. The number of likely N-dealkylation sites (tertiary alicyclic amines) is 1. The van der Waals surface area contributed by atoms with E-state index in [-0.39, 0.29) is 0 Å². The quantitative estimate of drug-likeness (QED) is 0.832. The van der Waals surface area contributed by atoms with Crippen LogP contribution in [0.15, 0.2) is 24.3 Å². The van der Waals surface area contributed by atoms with E-state index in [2.05, 4.69) is 67.4 Å². The Hall–Kier alpha value is -0.900. The second-order valence-electron chi connectivity index (χ2n) is 6.43. The zero-order chi connectivity index (χ0) is 15.2. The van der Waals surface area contributed by atoms with Gasteiger partial charge in [-0.3, -0.25) is 0 Å². The van der Waals surface area contributed by atoms with Crippen molar-refractivity contribution in [3.63, 3.8) is 0 Å². The van der Waals surface area contributed by atoms with Crippen LogP contribution in [0.4, 0.5) is 0 Å². The molecule has 3 heteroatoms. The predicted octanol–water partition coefficient (Wildman–Crippen LogP) is 2.54. The number of aryl methyl sites for hydroxylation is 1. The number of rotatable bonds is 7. The second-order valence-corrected chi connectivity index (χ2v) is 6.43. The Morgan fingerprint density at radius 2 is 2.05 bits per heavy atom. The number of nitrogens with zero attached hydrogens (tertiary/aromatic N) is 2. The van der Waals surface area contributed by atoms with Crippen molar-refractivity contribution in [3.05, 3.63) is 35.4 Å². The van der Waals surface area contributed by atoms with Crippen LogP contribution in [0.5, 0.6) is 0 Å². The summed E-state index contributed by atoms with van der Waals surface area (Å²) in [5.74, 6) is 0. The normalized spacial score (nSPS) is 21.1. The Bertz CT molecular complexity index is 415. The van der Waals surface area contributed by atoms with Crippen molar-refractivity contribution < 1.29 is 0 Å². The number of hydrogen-bond acceptors (Lipinski definition) is 3. The van der Waals surface area contributed by atoms with E-state index in [0.717, 1.165) is 19.0 Å². The van der Waals surface area contributed by atoms with E-state index < -0.39 is 0 Å². The summed E-state index contributed by atoms with van der Waals surface area (Å²) in [5.41, 5.74) is 2.80. The lowest BCUT2D eigenvalue weighted by Gasteiger charge is -2.29. The zero-order valence-electron chi connectivity index (χ0n) is 14.1. The minimum Gasteiger partial charge on any atom is -0.312 e. The molecule has 0 aliphatic carbocycles. The van der Waals surface area contributed by atoms with Crippen LogP contribution in [-0.2, 0) is 6.42 Å². The monoisotopic (exact) mass is 289 g/mol. The highest BCUT2D eigenvalue weighted by Gasteiger charge is 2.23. The summed E-state index contributed by atoms with van der Waals surface area (Å²) >= 11 is 0. The Morgan fingerprint density at radius 1 is 1.33 bits per heavy atom. The highest BCUT2D eigenvalue weighted by Crippen LogP contribution is 2.18. The van der Waals surface area contributed by atoms with Gasteiger partial charge in [-0.15, -0.1) is 0 Å². The van der Waals surface area contributed by atoms with Gasteiger partial charge in [-0.2, -0.15) is 0 Å². The van der Waals surface area contributed by atoms with Crippen LogP contribution in [0.1, 0.15) is 36.9 Å². The van der Waals surface area contributed by atoms with Crippen LogP contribution in [0.2, 0.25) is 0 Å². The Kier molecular flexibility index (Phi) is 6.22. The Labute approximate surface area is 130 Å². The van der Waals surface area contributed by atoms with Gasteiger partial charge in [0.25, 0.3) is 0 Å².